The Hall–Kier alpha value is -0.830. The molecule has 0 aliphatic carbocycles. The summed E-state index contributed by atoms with van der Waals surface area (Å²) in [4.78, 5) is 0. The van der Waals surface area contributed by atoms with E-state index in [1.807, 2.05) is 36.4 Å². The third kappa shape index (κ3) is 3.32. The van der Waals surface area contributed by atoms with E-state index in [2.05, 4.69) is 28.1 Å². The number of hydrogen-bond acceptors (Lipinski definition) is 1. The Labute approximate surface area is 115 Å². The van der Waals surface area contributed by atoms with Gasteiger partial charge in [0, 0.05) is 15.5 Å². The zero-order valence-electron chi connectivity index (χ0n) is 9.24. The molecular weight excluding hydrogens is 298 g/mol. The summed E-state index contributed by atoms with van der Waals surface area (Å²) < 4.78 is 0.971. The van der Waals surface area contributed by atoms with Crippen LogP contribution < -0.4 is 5.73 Å². The second-order valence-electron chi connectivity index (χ2n) is 3.96. The standard InChI is InChI=1S/C14H13BrClN/c15-11-6-7-12(13(16)9-11)14(17)8-10-4-2-1-3-5-10/h1-7,9,14H,8,17H2. The molecule has 0 spiro atoms. The van der Waals surface area contributed by atoms with E-state index in [-0.39, 0.29) is 6.04 Å². The van der Waals surface area contributed by atoms with Crippen molar-refractivity contribution in [1.29, 1.82) is 0 Å². The van der Waals surface area contributed by atoms with Gasteiger partial charge in [0.1, 0.15) is 0 Å². The summed E-state index contributed by atoms with van der Waals surface area (Å²) in [5, 5.41) is 0.711. The van der Waals surface area contributed by atoms with Gasteiger partial charge in [-0.25, -0.2) is 0 Å². The quantitative estimate of drug-likeness (QED) is 0.896. The lowest BCUT2D eigenvalue weighted by atomic mass is 10.00. The number of benzene rings is 2. The van der Waals surface area contributed by atoms with Gasteiger partial charge in [-0.3, -0.25) is 0 Å². The smallest absolute Gasteiger partial charge is 0.0465 e. The van der Waals surface area contributed by atoms with Gasteiger partial charge < -0.3 is 5.73 Å². The van der Waals surface area contributed by atoms with Crippen LogP contribution in [0, 0.1) is 0 Å². The van der Waals surface area contributed by atoms with Gasteiger partial charge in [0.2, 0.25) is 0 Å². The van der Waals surface area contributed by atoms with Crippen molar-refractivity contribution in [2.24, 2.45) is 5.73 Å². The van der Waals surface area contributed by atoms with E-state index in [9.17, 15) is 0 Å². The third-order valence-electron chi connectivity index (χ3n) is 2.66. The molecule has 2 aromatic carbocycles. The van der Waals surface area contributed by atoms with Crippen molar-refractivity contribution in [3.63, 3.8) is 0 Å². The average Bonchev–Trinajstić information content (AvgIpc) is 2.30. The van der Waals surface area contributed by atoms with E-state index >= 15 is 0 Å². The Bertz CT molecular complexity index is 499. The van der Waals surface area contributed by atoms with Gasteiger partial charge in [-0.1, -0.05) is 63.9 Å². The number of hydrogen-bond donors (Lipinski definition) is 1. The highest BCUT2D eigenvalue weighted by atomic mass is 79.9. The zero-order valence-corrected chi connectivity index (χ0v) is 11.6. The van der Waals surface area contributed by atoms with E-state index in [1.54, 1.807) is 0 Å². The molecule has 0 fully saturated rings. The van der Waals surface area contributed by atoms with Crippen LogP contribution in [-0.2, 0) is 6.42 Å². The molecule has 17 heavy (non-hydrogen) atoms. The normalized spacial score (nSPS) is 12.4. The fraction of sp³-hybridized carbons (Fsp3) is 0.143. The van der Waals surface area contributed by atoms with Crippen LogP contribution in [0.5, 0.6) is 0 Å². The van der Waals surface area contributed by atoms with Crippen molar-refractivity contribution < 1.29 is 0 Å². The first-order valence-electron chi connectivity index (χ1n) is 5.41. The largest absolute Gasteiger partial charge is 0.324 e. The summed E-state index contributed by atoms with van der Waals surface area (Å²) in [6, 6.07) is 15.9. The predicted octanol–water partition coefficient (Wildman–Crippen LogP) is 4.35. The molecule has 0 aromatic heterocycles. The van der Waals surface area contributed by atoms with Gasteiger partial charge >= 0.3 is 0 Å². The Morgan fingerprint density at radius 3 is 2.47 bits per heavy atom. The summed E-state index contributed by atoms with van der Waals surface area (Å²) in [7, 11) is 0. The molecule has 0 aliphatic rings. The molecule has 2 rings (SSSR count). The summed E-state index contributed by atoms with van der Waals surface area (Å²) >= 11 is 9.57. The Balaban J connectivity index is 2.17. The van der Waals surface area contributed by atoms with Gasteiger partial charge in [-0.15, -0.1) is 0 Å². The molecule has 2 aromatic rings. The van der Waals surface area contributed by atoms with Crippen LogP contribution in [0.1, 0.15) is 17.2 Å². The van der Waals surface area contributed by atoms with Gasteiger partial charge in [0.15, 0.2) is 0 Å². The van der Waals surface area contributed by atoms with E-state index in [1.165, 1.54) is 5.56 Å². The molecule has 1 atom stereocenters. The fourth-order valence-electron chi connectivity index (χ4n) is 1.78. The first kappa shape index (κ1) is 12.6. The highest BCUT2D eigenvalue weighted by Gasteiger charge is 2.10. The maximum atomic E-state index is 6.18. The van der Waals surface area contributed by atoms with Crippen LogP contribution in [0.15, 0.2) is 53.0 Å². The predicted molar refractivity (Wildman–Crippen MR) is 76.2 cm³/mol. The minimum atomic E-state index is -0.0713. The first-order chi connectivity index (χ1) is 8.16. The SMILES string of the molecule is NC(Cc1ccccc1)c1ccc(Br)cc1Cl. The van der Waals surface area contributed by atoms with Gasteiger partial charge in [-0.05, 0) is 29.7 Å². The molecule has 88 valence electrons. The van der Waals surface area contributed by atoms with E-state index in [0.717, 1.165) is 16.5 Å². The lowest BCUT2D eigenvalue weighted by Gasteiger charge is -2.14. The molecule has 0 bridgehead atoms. The summed E-state index contributed by atoms with van der Waals surface area (Å²) in [6.07, 6.45) is 0.794. The Morgan fingerprint density at radius 1 is 1.12 bits per heavy atom. The summed E-state index contributed by atoms with van der Waals surface area (Å²) in [5.41, 5.74) is 8.38. The van der Waals surface area contributed by atoms with Gasteiger partial charge in [0.05, 0.1) is 0 Å². The monoisotopic (exact) mass is 309 g/mol. The molecule has 1 nitrogen and oxygen atoms in total. The molecule has 1 unspecified atom stereocenters. The van der Waals surface area contributed by atoms with Crippen LogP contribution >= 0.6 is 27.5 Å². The van der Waals surface area contributed by atoms with Crippen LogP contribution in [0.2, 0.25) is 5.02 Å². The minimum absolute atomic E-state index is 0.0713. The lowest BCUT2D eigenvalue weighted by Crippen LogP contribution is -2.13. The fourth-order valence-corrected chi connectivity index (χ4v) is 2.59. The molecule has 0 saturated heterocycles. The molecule has 0 amide bonds. The number of halogens is 2. The minimum Gasteiger partial charge on any atom is -0.324 e. The molecular formula is C14H13BrClN. The second-order valence-corrected chi connectivity index (χ2v) is 5.28. The van der Waals surface area contributed by atoms with Crippen molar-refractivity contribution in [2.45, 2.75) is 12.5 Å². The van der Waals surface area contributed by atoms with Crippen LogP contribution in [0.25, 0.3) is 0 Å². The van der Waals surface area contributed by atoms with Gasteiger partial charge in [-0.2, -0.15) is 0 Å². The molecule has 0 heterocycles. The molecule has 3 heteroatoms. The third-order valence-corrected chi connectivity index (χ3v) is 3.48. The van der Waals surface area contributed by atoms with Crippen molar-refractivity contribution >= 4 is 27.5 Å². The maximum absolute atomic E-state index is 6.18. The molecule has 0 saturated carbocycles. The number of nitrogens with two attached hydrogens (primary N) is 1. The number of rotatable bonds is 3. The summed E-state index contributed by atoms with van der Waals surface area (Å²) in [5.74, 6) is 0. The van der Waals surface area contributed by atoms with Crippen molar-refractivity contribution in [2.75, 3.05) is 0 Å². The van der Waals surface area contributed by atoms with E-state index < -0.39 is 0 Å². The van der Waals surface area contributed by atoms with E-state index in [4.69, 9.17) is 17.3 Å². The highest BCUT2D eigenvalue weighted by molar-refractivity contribution is 9.10. The van der Waals surface area contributed by atoms with Crippen LogP contribution in [0.3, 0.4) is 0 Å². The topological polar surface area (TPSA) is 26.0 Å². The van der Waals surface area contributed by atoms with Crippen molar-refractivity contribution in [3.8, 4) is 0 Å². The Morgan fingerprint density at radius 2 is 1.82 bits per heavy atom. The lowest BCUT2D eigenvalue weighted by molar-refractivity contribution is 0.722. The van der Waals surface area contributed by atoms with Crippen molar-refractivity contribution in [1.82, 2.24) is 0 Å². The second kappa shape index (κ2) is 5.67. The molecule has 0 aliphatic heterocycles. The molecule has 0 radical (unpaired) electrons. The van der Waals surface area contributed by atoms with Crippen LogP contribution in [-0.4, -0.2) is 0 Å². The van der Waals surface area contributed by atoms with Gasteiger partial charge in [0.25, 0.3) is 0 Å². The summed E-state index contributed by atoms with van der Waals surface area (Å²) in [6.45, 7) is 0. The average molecular weight is 311 g/mol. The zero-order chi connectivity index (χ0) is 12.3. The molecule has 2 N–H and O–H groups in total. The van der Waals surface area contributed by atoms with Crippen LogP contribution in [0.4, 0.5) is 0 Å². The van der Waals surface area contributed by atoms with E-state index in [0.29, 0.717) is 5.02 Å². The maximum Gasteiger partial charge on any atom is 0.0465 e. The first-order valence-corrected chi connectivity index (χ1v) is 6.58. The van der Waals surface area contributed by atoms with Crippen molar-refractivity contribution in [3.05, 3.63) is 69.2 Å². The Kier molecular flexibility index (Phi) is 4.21. The highest BCUT2D eigenvalue weighted by Crippen LogP contribution is 2.27.